The van der Waals surface area contributed by atoms with E-state index in [1.807, 2.05) is 0 Å². The number of fused-ring (bicyclic) bond motifs is 1. The van der Waals surface area contributed by atoms with E-state index in [-0.39, 0.29) is 22.8 Å². The van der Waals surface area contributed by atoms with Crippen molar-refractivity contribution in [2.45, 2.75) is 17.7 Å². The minimum Gasteiger partial charge on any atom is -0.316 e. The Bertz CT molecular complexity index is 1150. The summed E-state index contributed by atoms with van der Waals surface area (Å²) in [5.74, 6) is -0.315. The lowest BCUT2D eigenvalue weighted by molar-refractivity contribution is 0.579. The van der Waals surface area contributed by atoms with Crippen LogP contribution in [-0.2, 0) is 16.4 Å². The van der Waals surface area contributed by atoms with E-state index in [1.54, 1.807) is 12.1 Å². The molecule has 136 valence electrons. The van der Waals surface area contributed by atoms with E-state index in [4.69, 9.17) is 0 Å². The topological polar surface area (TPSA) is 112 Å². The van der Waals surface area contributed by atoms with E-state index in [1.165, 1.54) is 30.3 Å². The third kappa shape index (κ3) is 4.06. The molecule has 0 amide bonds. The number of halogens is 1. The maximum atomic E-state index is 12.8. The third-order valence-corrected chi connectivity index (χ3v) is 5.31. The van der Waals surface area contributed by atoms with Gasteiger partial charge in [0.25, 0.3) is 0 Å². The zero-order valence-corrected chi connectivity index (χ0v) is 14.4. The van der Waals surface area contributed by atoms with E-state index in [0.717, 1.165) is 5.56 Å². The van der Waals surface area contributed by atoms with Gasteiger partial charge in [-0.05, 0) is 48.7 Å². The van der Waals surface area contributed by atoms with E-state index < -0.39 is 21.1 Å². The molecule has 3 rings (SSSR count). The molecule has 0 unspecified atom stereocenters. The minimum absolute atomic E-state index is 0.0190. The Labute approximate surface area is 148 Å². The molecule has 1 heterocycles. The van der Waals surface area contributed by atoms with Crippen LogP contribution in [0.25, 0.3) is 11.0 Å². The summed E-state index contributed by atoms with van der Waals surface area (Å²) in [6, 6.07) is 10.1. The highest BCUT2D eigenvalue weighted by Gasteiger charge is 2.14. The van der Waals surface area contributed by atoms with Crippen LogP contribution in [0.15, 0.2) is 56.9 Å². The summed E-state index contributed by atoms with van der Waals surface area (Å²) in [4.78, 5) is 27.3. The standard InChI is InChI=1S/C17H16FN3O4S/c18-12-5-3-11(4-6-12)2-1-9-19-26(24,25)13-7-8-14-15(10-13)21-17(23)16(22)20-14/h3-8,10,19H,1-2,9H2,(H,20,22)(H,21,23). The number of benzene rings is 2. The molecule has 0 aliphatic carbocycles. The summed E-state index contributed by atoms with van der Waals surface area (Å²) < 4.78 is 40.0. The lowest BCUT2D eigenvalue weighted by Crippen LogP contribution is -2.29. The van der Waals surface area contributed by atoms with E-state index in [0.29, 0.717) is 18.4 Å². The van der Waals surface area contributed by atoms with Gasteiger partial charge in [0.2, 0.25) is 10.0 Å². The van der Waals surface area contributed by atoms with Gasteiger partial charge < -0.3 is 9.97 Å². The van der Waals surface area contributed by atoms with Gasteiger partial charge in [0.15, 0.2) is 0 Å². The minimum atomic E-state index is -3.76. The van der Waals surface area contributed by atoms with Crippen molar-refractivity contribution in [1.82, 2.24) is 14.7 Å². The van der Waals surface area contributed by atoms with Crippen LogP contribution in [0.4, 0.5) is 4.39 Å². The molecule has 9 heteroatoms. The molecule has 1 aromatic heterocycles. The van der Waals surface area contributed by atoms with Crippen LogP contribution in [0.5, 0.6) is 0 Å². The Kier molecular flexibility index (Phi) is 5.01. The van der Waals surface area contributed by atoms with Crippen LogP contribution in [0.1, 0.15) is 12.0 Å². The van der Waals surface area contributed by atoms with E-state index >= 15 is 0 Å². The fourth-order valence-electron chi connectivity index (χ4n) is 2.49. The molecule has 0 bridgehead atoms. The highest BCUT2D eigenvalue weighted by Crippen LogP contribution is 2.14. The Hall–Kier alpha value is -2.78. The summed E-state index contributed by atoms with van der Waals surface area (Å²) in [7, 11) is -3.76. The van der Waals surface area contributed by atoms with Crippen molar-refractivity contribution in [3.8, 4) is 0 Å². The molecule has 26 heavy (non-hydrogen) atoms. The van der Waals surface area contributed by atoms with E-state index in [2.05, 4.69) is 14.7 Å². The number of aromatic amines is 2. The first-order valence-corrected chi connectivity index (χ1v) is 9.34. The zero-order valence-electron chi connectivity index (χ0n) is 13.6. The molecule has 7 nitrogen and oxygen atoms in total. The third-order valence-electron chi connectivity index (χ3n) is 3.85. The largest absolute Gasteiger partial charge is 0.316 e. The Morgan fingerprint density at radius 2 is 1.58 bits per heavy atom. The predicted octanol–water partition coefficient (Wildman–Crippen LogP) is 1.27. The maximum absolute atomic E-state index is 12.8. The average Bonchev–Trinajstić information content (AvgIpc) is 2.61. The fourth-order valence-corrected chi connectivity index (χ4v) is 3.59. The molecule has 0 radical (unpaired) electrons. The van der Waals surface area contributed by atoms with Crippen LogP contribution >= 0.6 is 0 Å². The first-order valence-electron chi connectivity index (χ1n) is 7.86. The molecule has 0 saturated heterocycles. The number of sulfonamides is 1. The van der Waals surface area contributed by atoms with Crippen LogP contribution in [0, 0.1) is 5.82 Å². The second-order valence-electron chi connectivity index (χ2n) is 5.74. The summed E-state index contributed by atoms with van der Waals surface area (Å²) in [6.07, 6.45) is 1.15. The van der Waals surface area contributed by atoms with Gasteiger partial charge in [-0.25, -0.2) is 17.5 Å². The maximum Gasteiger partial charge on any atom is 0.314 e. The first-order chi connectivity index (χ1) is 12.3. The Morgan fingerprint density at radius 1 is 0.923 bits per heavy atom. The number of hydrogen-bond acceptors (Lipinski definition) is 4. The highest BCUT2D eigenvalue weighted by molar-refractivity contribution is 7.89. The van der Waals surface area contributed by atoms with E-state index in [9.17, 15) is 22.4 Å². The van der Waals surface area contributed by atoms with Gasteiger partial charge >= 0.3 is 11.1 Å². The first kappa shape index (κ1) is 18.0. The molecular formula is C17H16FN3O4S. The number of H-pyrrole nitrogens is 2. The van der Waals surface area contributed by atoms with Crippen molar-refractivity contribution in [3.63, 3.8) is 0 Å². The number of hydrogen-bond donors (Lipinski definition) is 3. The summed E-state index contributed by atoms with van der Waals surface area (Å²) in [5.41, 5.74) is -0.169. The summed E-state index contributed by atoms with van der Waals surface area (Å²) >= 11 is 0. The van der Waals surface area contributed by atoms with Crippen molar-refractivity contribution in [3.05, 3.63) is 74.6 Å². The molecule has 0 atom stereocenters. The smallest absolute Gasteiger partial charge is 0.314 e. The van der Waals surface area contributed by atoms with Gasteiger partial charge in [0.1, 0.15) is 5.82 Å². The Balaban J connectivity index is 1.68. The highest BCUT2D eigenvalue weighted by atomic mass is 32.2. The van der Waals surface area contributed by atoms with Gasteiger partial charge in [-0.3, -0.25) is 9.59 Å². The van der Waals surface area contributed by atoms with Crippen LogP contribution in [0.3, 0.4) is 0 Å². The lowest BCUT2D eigenvalue weighted by atomic mass is 10.1. The van der Waals surface area contributed by atoms with Gasteiger partial charge in [0.05, 0.1) is 15.9 Å². The van der Waals surface area contributed by atoms with Crippen molar-refractivity contribution in [2.75, 3.05) is 6.54 Å². The molecule has 2 aromatic carbocycles. The monoisotopic (exact) mass is 377 g/mol. The average molecular weight is 377 g/mol. The quantitative estimate of drug-likeness (QED) is 0.443. The molecule has 0 saturated carbocycles. The summed E-state index contributed by atoms with van der Waals surface area (Å²) in [5, 5.41) is 0. The predicted molar refractivity (Wildman–Crippen MR) is 95.1 cm³/mol. The van der Waals surface area contributed by atoms with Gasteiger partial charge in [0, 0.05) is 6.54 Å². The van der Waals surface area contributed by atoms with Gasteiger partial charge in [-0.2, -0.15) is 0 Å². The lowest BCUT2D eigenvalue weighted by Gasteiger charge is -2.08. The van der Waals surface area contributed by atoms with Gasteiger partial charge in [-0.1, -0.05) is 12.1 Å². The SMILES string of the molecule is O=c1[nH]c2ccc(S(=O)(=O)NCCCc3ccc(F)cc3)cc2[nH]c1=O. The summed E-state index contributed by atoms with van der Waals surface area (Å²) in [6.45, 7) is 0.208. The molecular weight excluding hydrogens is 361 g/mol. The molecule has 0 spiro atoms. The van der Waals surface area contributed by atoms with Crippen LogP contribution in [0.2, 0.25) is 0 Å². The second-order valence-corrected chi connectivity index (χ2v) is 7.51. The molecule has 3 aromatic rings. The normalized spacial score (nSPS) is 11.7. The van der Waals surface area contributed by atoms with Crippen molar-refractivity contribution < 1.29 is 12.8 Å². The second kappa shape index (κ2) is 7.22. The zero-order chi connectivity index (χ0) is 18.7. The van der Waals surface area contributed by atoms with Crippen LogP contribution in [-0.4, -0.2) is 24.9 Å². The van der Waals surface area contributed by atoms with Crippen molar-refractivity contribution in [1.29, 1.82) is 0 Å². The number of aryl methyl sites for hydroxylation is 1. The molecule has 3 N–H and O–H groups in total. The van der Waals surface area contributed by atoms with Crippen LogP contribution < -0.4 is 15.8 Å². The van der Waals surface area contributed by atoms with Crippen molar-refractivity contribution >= 4 is 21.1 Å². The molecule has 0 aliphatic rings. The van der Waals surface area contributed by atoms with Crippen molar-refractivity contribution in [2.24, 2.45) is 0 Å². The molecule has 0 fully saturated rings. The Morgan fingerprint density at radius 3 is 2.27 bits per heavy atom. The fraction of sp³-hybridized carbons (Fsp3) is 0.176. The number of nitrogens with one attached hydrogen (secondary N) is 3. The number of rotatable bonds is 6. The molecule has 0 aliphatic heterocycles. The number of aromatic nitrogens is 2. The van der Waals surface area contributed by atoms with Gasteiger partial charge in [-0.15, -0.1) is 0 Å².